The fourth-order valence-electron chi connectivity index (χ4n) is 2.66. The summed E-state index contributed by atoms with van der Waals surface area (Å²) in [5, 5.41) is 6.33. The number of ether oxygens (including phenoxy) is 1. The maximum absolute atomic E-state index is 11.9. The molecule has 1 aliphatic rings. The minimum Gasteiger partial charge on any atom is -0.385 e. The summed E-state index contributed by atoms with van der Waals surface area (Å²) in [5.41, 5.74) is 0.378. The van der Waals surface area contributed by atoms with Crippen LogP contribution in [0.5, 0.6) is 0 Å². The lowest BCUT2D eigenvalue weighted by Crippen LogP contribution is -2.46. The van der Waals surface area contributed by atoms with E-state index >= 15 is 0 Å². The van der Waals surface area contributed by atoms with Crippen molar-refractivity contribution in [1.82, 2.24) is 10.6 Å². The number of rotatable bonds is 8. The Kier molecular flexibility index (Phi) is 7.39. The average Bonchev–Trinajstić information content (AvgIpc) is 2.41. The van der Waals surface area contributed by atoms with Gasteiger partial charge in [0, 0.05) is 26.8 Å². The van der Waals surface area contributed by atoms with E-state index < -0.39 is 0 Å². The van der Waals surface area contributed by atoms with Gasteiger partial charge < -0.3 is 15.4 Å². The molecule has 1 unspecified atom stereocenters. The SMILES string of the molecule is COCCCNC(=O)C(C)NCC1(C)CCCCC1. The van der Waals surface area contributed by atoms with E-state index in [-0.39, 0.29) is 11.9 Å². The number of methoxy groups -OCH3 is 1. The number of nitrogens with one attached hydrogen (secondary N) is 2. The van der Waals surface area contributed by atoms with Crippen LogP contribution in [0.3, 0.4) is 0 Å². The number of hydrogen-bond donors (Lipinski definition) is 2. The summed E-state index contributed by atoms with van der Waals surface area (Å²) in [6.45, 7) is 6.61. The highest BCUT2D eigenvalue weighted by atomic mass is 16.5. The maximum Gasteiger partial charge on any atom is 0.236 e. The molecule has 0 aliphatic heterocycles. The topological polar surface area (TPSA) is 50.4 Å². The Hall–Kier alpha value is -0.610. The van der Waals surface area contributed by atoms with E-state index in [0.717, 1.165) is 13.0 Å². The van der Waals surface area contributed by atoms with E-state index in [9.17, 15) is 4.79 Å². The Morgan fingerprint density at radius 1 is 1.32 bits per heavy atom. The van der Waals surface area contributed by atoms with Gasteiger partial charge in [0.15, 0.2) is 0 Å². The van der Waals surface area contributed by atoms with Crippen LogP contribution in [0, 0.1) is 5.41 Å². The number of carbonyl (C=O) groups is 1. The van der Waals surface area contributed by atoms with Gasteiger partial charge in [-0.05, 0) is 31.6 Å². The van der Waals surface area contributed by atoms with Gasteiger partial charge in [-0.25, -0.2) is 0 Å². The summed E-state index contributed by atoms with van der Waals surface area (Å²) in [6.07, 6.45) is 7.45. The van der Waals surface area contributed by atoms with Crippen molar-refractivity contribution in [1.29, 1.82) is 0 Å². The van der Waals surface area contributed by atoms with Gasteiger partial charge in [0.1, 0.15) is 0 Å². The highest BCUT2D eigenvalue weighted by Gasteiger charge is 2.27. The Bertz CT molecular complexity index is 263. The zero-order chi connectivity index (χ0) is 14.1. The molecule has 0 aromatic rings. The molecule has 0 radical (unpaired) electrons. The van der Waals surface area contributed by atoms with Gasteiger partial charge in [0.25, 0.3) is 0 Å². The largest absolute Gasteiger partial charge is 0.385 e. The average molecular weight is 270 g/mol. The van der Waals surface area contributed by atoms with Crippen LogP contribution < -0.4 is 10.6 Å². The van der Waals surface area contributed by atoms with Crippen LogP contribution in [0.15, 0.2) is 0 Å². The van der Waals surface area contributed by atoms with Crippen molar-refractivity contribution in [3.8, 4) is 0 Å². The van der Waals surface area contributed by atoms with Crippen LogP contribution >= 0.6 is 0 Å². The highest BCUT2D eigenvalue weighted by Crippen LogP contribution is 2.34. The Morgan fingerprint density at radius 3 is 2.63 bits per heavy atom. The molecule has 0 saturated heterocycles. The smallest absolute Gasteiger partial charge is 0.236 e. The van der Waals surface area contributed by atoms with Crippen LogP contribution in [-0.4, -0.2) is 38.8 Å². The maximum atomic E-state index is 11.9. The van der Waals surface area contributed by atoms with Crippen LogP contribution in [0.25, 0.3) is 0 Å². The van der Waals surface area contributed by atoms with Crippen molar-refractivity contribution in [2.45, 2.75) is 58.4 Å². The number of amides is 1. The fourth-order valence-corrected chi connectivity index (χ4v) is 2.66. The van der Waals surface area contributed by atoms with E-state index in [1.807, 2.05) is 6.92 Å². The predicted octanol–water partition coefficient (Wildman–Crippen LogP) is 2.09. The molecule has 2 N–H and O–H groups in total. The lowest BCUT2D eigenvalue weighted by Gasteiger charge is -2.34. The molecule has 0 aromatic heterocycles. The first kappa shape index (κ1) is 16.4. The second-order valence-corrected chi connectivity index (χ2v) is 6.11. The first-order valence-electron chi connectivity index (χ1n) is 7.57. The minimum absolute atomic E-state index is 0.0931. The lowest BCUT2D eigenvalue weighted by atomic mass is 9.75. The van der Waals surface area contributed by atoms with Gasteiger partial charge in [0.05, 0.1) is 6.04 Å². The van der Waals surface area contributed by atoms with Crippen LogP contribution in [0.4, 0.5) is 0 Å². The Balaban J connectivity index is 2.18. The zero-order valence-electron chi connectivity index (χ0n) is 12.8. The molecule has 0 bridgehead atoms. The number of carbonyl (C=O) groups excluding carboxylic acids is 1. The Morgan fingerprint density at radius 2 is 2.00 bits per heavy atom. The summed E-state index contributed by atoms with van der Waals surface area (Å²) in [4.78, 5) is 11.9. The van der Waals surface area contributed by atoms with Gasteiger partial charge in [0.2, 0.25) is 5.91 Å². The second kappa shape index (κ2) is 8.54. The fraction of sp³-hybridized carbons (Fsp3) is 0.933. The van der Waals surface area contributed by atoms with Gasteiger partial charge in [-0.2, -0.15) is 0 Å². The third-order valence-electron chi connectivity index (χ3n) is 4.11. The van der Waals surface area contributed by atoms with E-state index in [0.29, 0.717) is 18.6 Å². The first-order chi connectivity index (χ1) is 9.07. The molecule has 1 aliphatic carbocycles. The predicted molar refractivity (Wildman–Crippen MR) is 78.2 cm³/mol. The van der Waals surface area contributed by atoms with Crippen molar-refractivity contribution in [2.75, 3.05) is 26.8 Å². The van der Waals surface area contributed by atoms with E-state index in [4.69, 9.17) is 4.74 Å². The van der Waals surface area contributed by atoms with Gasteiger partial charge in [-0.1, -0.05) is 26.2 Å². The molecule has 4 nitrogen and oxygen atoms in total. The van der Waals surface area contributed by atoms with Crippen molar-refractivity contribution in [2.24, 2.45) is 5.41 Å². The van der Waals surface area contributed by atoms with Gasteiger partial charge in [-0.15, -0.1) is 0 Å². The molecule has 1 fully saturated rings. The van der Waals surface area contributed by atoms with E-state index in [1.165, 1.54) is 32.1 Å². The minimum atomic E-state index is -0.110. The van der Waals surface area contributed by atoms with Crippen LogP contribution in [-0.2, 0) is 9.53 Å². The molecule has 4 heteroatoms. The van der Waals surface area contributed by atoms with Crippen molar-refractivity contribution in [3.05, 3.63) is 0 Å². The van der Waals surface area contributed by atoms with Crippen LogP contribution in [0.2, 0.25) is 0 Å². The molecule has 1 amide bonds. The summed E-state index contributed by atoms with van der Waals surface area (Å²) in [7, 11) is 1.68. The van der Waals surface area contributed by atoms with Crippen LogP contribution in [0.1, 0.15) is 52.4 Å². The highest BCUT2D eigenvalue weighted by molar-refractivity contribution is 5.81. The molecule has 0 heterocycles. The molecular weight excluding hydrogens is 240 g/mol. The Labute approximate surface area is 117 Å². The number of hydrogen-bond acceptors (Lipinski definition) is 3. The normalized spacial score (nSPS) is 19.9. The molecule has 1 saturated carbocycles. The lowest BCUT2D eigenvalue weighted by molar-refractivity contribution is -0.122. The molecule has 0 aromatic carbocycles. The standard InChI is InChI=1S/C15H30N2O2/c1-13(14(18)16-10-7-11-19-3)17-12-15(2)8-5-4-6-9-15/h13,17H,4-12H2,1-3H3,(H,16,18). The third-order valence-corrected chi connectivity index (χ3v) is 4.11. The summed E-state index contributed by atoms with van der Waals surface area (Å²) < 4.78 is 4.96. The first-order valence-corrected chi connectivity index (χ1v) is 7.57. The molecule has 1 rings (SSSR count). The van der Waals surface area contributed by atoms with Gasteiger partial charge in [-0.3, -0.25) is 4.79 Å². The zero-order valence-corrected chi connectivity index (χ0v) is 12.8. The van der Waals surface area contributed by atoms with E-state index in [1.54, 1.807) is 7.11 Å². The van der Waals surface area contributed by atoms with E-state index in [2.05, 4.69) is 17.6 Å². The molecule has 0 spiro atoms. The summed E-state index contributed by atoms with van der Waals surface area (Å²) >= 11 is 0. The molecule has 112 valence electrons. The second-order valence-electron chi connectivity index (χ2n) is 6.11. The van der Waals surface area contributed by atoms with Crippen molar-refractivity contribution < 1.29 is 9.53 Å². The monoisotopic (exact) mass is 270 g/mol. The quantitative estimate of drug-likeness (QED) is 0.664. The molecule has 1 atom stereocenters. The van der Waals surface area contributed by atoms with Crippen molar-refractivity contribution in [3.63, 3.8) is 0 Å². The molecule has 19 heavy (non-hydrogen) atoms. The van der Waals surface area contributed by atoms with Crippen molar-refractivity contribution >= 4 is 5.91 Å². The third kappa shape index (κ3) is 6.39. The van der Waals surface area contributed by atoms with Gasteiger partial charge >= 0.3 is 0 Å². The summed E-state index contributed by atoms with van der Waals surface area (Å²) in [5.74, 6) is 0.0931. The molecular formula is C15H30N2O2. The summed E-state index contributed by atoms with van der Waals surface area (Å²) in [6, 6.07) is -0.110.